The predicted molar refractivity (Wildman–Crippen MR) is 170 cm³/mol. The van der Waals surface area contributed by atoms with Crippen molar-refractivity contribution in [3.63, 3.8) is 0 Å². The van der Waals surface area contributed by atoms with Gasteiger partial charge in [-0.2, -0.15) is 13.2 Å². The van der Waals surface area contributed by atoms with E-state index in [9.17, 15) is 36.6 Å². The van der Waals surface area contributed by atoms with E-state index in [4.69, 9.17) is 4.74 Å². The number of hydrogen-bond acceptors (Lipinski definition) is 4. The molecule has 12 heteroatoms. The quantitative estimate of drug-likeness (QED) is 0.151. The van der Waals surface area contributed by atoms with Crippen LogP contribution in [0.15, 0.2) is 89.7 Å². The number of ether oxygens (including phenoxy) is 1. The van der Waals surface area contributed by atoms with Gasteiger partial charge >= 0.3 is 6.18 Å². The maximum absolute atomic E-state index is 14.3. The topological polar surface area (TPSA) is 96.3 Å². The molecular weight excluding hydrogens is 633 g/mol. The summed E-state index contributed by atoms with van der Waals surface area (Å²) in [5, 5.41) is 15.2. The molecule has 6 aromatic rings. The molecule has 4 aromatic carbocycles. The average Bonchev–Trinajstić information content (AvgIpc) is 3.43. The van der Waals surface area contributed by atoms with Crippen LogP contribution in [0.4, 0.5) is 22.0 Å². The summed E-state index contributed by atoms with van der Waals surface area (Å²) in [6.45, 7) is -0.0760. The van der Waals surface area contributed by atoms with Crippen LogP contribution in [-0.4, -0.2) is 34.2 Å². The van der Waals surface area contributed by atoms with Crippen LogP contribution in [0.2, 0.25) is 0 Å². The lowest BCUT2D eigenvalue weighted by Crippen LogP contribution is -2.28. The first-order valence-corrected chi connectivity index (χ1v) is 14.8. The standard InChI is InChI=1S/C36H28F5N3O4/c1-44-28-9-4-3-6-23(28)33(45)30(35(44)47)29(19-10-12-20(13-11-19)36(39,40)41)32-22(25-18-21(48-2)14-15-27(25)43-32)16-17-42-34(46)24-7-5-8-26(37)31(24)38/h3-15,18,29,43,45H,16-17H2,1-2H3,(H,42,46). The molecule has 0 aliphatic rings. The molecule has 7 nitrogen and oxygen atoms in total. The lowest BCUT2D eigenvalue weighted by molar-refractivity contribution is -0.137. The number of aromatic amines is 1. The lowest BCUT2D eigenvalue weighted by Gasteiger charge is -2.22. The van der Waals surface area contributed by atoms with Crippen molar-refractivity contribution >= 4 is 27.7 Å². The fourth-order valence-electron chi connectivity index (χ4n) is 6.07. The van der Waals surface area contributed by atoms with Gasteiger partial charge in [-0.05, 0) is 72.1 Å². The maximum atomic E-state index is 14.3. The molecule has 0 aliphatic heterocycles. The van der Waals surface area contributed by atoms with Gasteiger partial charge in [0, 0.05) is 35.6 Å². The second-order valence-corrected chi connectivity index (χ2v) is 11.2. The third-order valence-corrected chi connectivity index (χ3v) is 8.46. The van der Waals surface area contributed by atoms with E-state index in [-0.39, 0.29) is 29.8 Å². The van der Waals surface area contributed by atoms with Gasteiger partial charge < -0.3 is 24.7 Å². The first-order valence-electron chi connectivity index (χ1n) is 14.8. The van der Waals surface area contributed by atoms with Crippen LogP contribution < -0.4 is 15.6 Å². The molecule has 0 saturated carbocycles. The van der Waals surface area contributed by atoms with Gasteiger partial charge in [-0.25, -0.2) is 8.78 Å². The lowest BCUT2D eigenvalue weighted by atomic mass is 9.84. The Labute approximate surface area is 270 Å². The van der Waals surface area contributed by atoms with Gasteiger partial charge in [0.05, 0.1) is 35.2 Å². The van der Waals surface area contributed by atoms with Gasteiger partial charge in [0.15, 0.2) is 11.6 Å². The van der Waals surface area contributed by atoms with Crippen LogP contribution in [0, 0.1) is 11.6 Å². The number of aryl methyl sites for hydroxylation is 1. The summed E-state index contributed by atoms with van der Waals surface area (Å²) in [4.78, 5) is 30.2. The Morgan fingerprint density at radius 3 is 2.42 bits per heavy atom. The van der Waals surface area contributed by atoms with Crippen molar-refractivity contribution in [2.75, 3.05) is 13.7 Å². The van der Waals surface area contributed by atoms with Crippen molar-refractivity contribution in [2.45, 2.75) is 18.5 Å². The van der Waals surface area contributed by atoms with Crippen molar-refractivity contribution in [2.24, 2.45) is 7.05 Å². The molecule has 6 rings (SSSR count). The number of hydrogen-bond donors (Lipinski definition) is 3. The number of nitrogens with one attached hydrogen (secondary N) is 2. The van der Waals surface area contributed by atoms with E-state index in [1.165, 1.54) is 36.9 Å². The van der Waals surface area contributed by atoms with Crippen molar-refractivity contribution < 1.29 is 36.6 Å². The number of aromatic hydroxyl groups is 1. The number of rotatable bonds is 8. The number of H-pyrrole nitrogens is 1. The fraction of sp³-hybridized carbons (Fsp3) is 0.167. The van der Waals surface area contributed by atoms with E-state index in [1.807, 2.05) is 0 Å². The summed E-state index contributed by atoms with van der Waals surface area (Å²) in [5.41, 5.74) is 0.181. The normalized spacial score (nSPS) is 12.4. The van der Waals surface area contributed by atoms with Crippen LogP contribution >= 0.6 is 0 Å². The molecule has 246 valence electrons. The van der Waals surface area contributed by atoms with E-state index in [0.717, 1.165) is 24.3 Å². The van der Waals surface area contributed by atoms with Gasteiger partial charge in [0.25, 0.3) is 11.5 Å². The molecule has 0 fully saturated rings. The summed E-state index contributed by atoms with van der Waals surface area (Å²) in [5.74, 6) is -4.29. The highest BCUT2D eigenvalue weighted by Crippen LogP contribution is 2.42. The van der Waals surface area contributed by atoms with Crippen LogP contribution in [0.5, 0.6) is 11.5 Å². The molecule has 3 N–H and O–H groups in total. The van der Waals surface area contributed by atoms with E-state index in [0.29, 0.717) is 38.8 Å². The molecule has 0 aliphatic carbocycles. The Morgan fingerprint density at radius 2 is 1.71 bits per heavy atom. The van der Waals surface area contributed by atoms with E-state index < -0.39 is 46.3 Å². The van der Waals surface area contributed by atoms with Crippen molar-refractivity contribution in [3.05, 3.63) is 140 Å². The van der Waals surface area contributed by atoms with E-state index >= 15 is 0 Å². The molecule has 0 spiro atoms. The van der Waals surface area contributed by atoms with Crippen LogP contribution in [-0.2, 0) is 19.6 Å². The van der Waals surface area contributed by atoms with Crippen LogP contribution in [0.25, 0.3) is 21.8 Å². The number of halogens is 5. The second kappa shape index (κ2) is 12.5. The van der Waals surface area contributed by atoms with Crippen LogP contribution in [0.1, 0.15) is 44.2 Å². The second-order valence-electron chi connectivity index (χ2n) is 11.2. The smallest absolute Gasteiger partial charge is 0.416 e. The Kier molecular flexibility index (Phi) is 8.42. The minimum atomic E-state index is -4.61. The number of fused-ring (bicyclic) bond motifs is 2. The summed E-state index contributed by atoms with van der Waals surface area (Å²) in [6.07, 6.45) is -4.53. The highest BCUT2D eigenvalue weighted by Gasteiger charge is 2.33. The number of carbonyl (C=O) groups excluding carboxylic acids is 1. The molecule has 1 atom stereocenters. The molecule has 1 amide bonds. The highest BCUT2D eigenvalue weighted by atomic mass is 19.4. The maximum Gasteiger partial charge on any atom is 0.416 e. The Bertz CT molecular complexity index is 2240. The van der Waals surface area contributed by atoms with E-state index in [2.05, 4.69) is 10.3 Å². The first-order chi connectivity index (χ1) is 22.9. The zero-order valence-electron chi connectivity index (χ0n) is 25.6. The minimum absolute atomic E-state index is 0.0760. The molecule has 0 bridgehead atoms. The summed E-state index contributed by atoms with van der Waals surface area (Å²) in [7, 11) is 3.01. The number of amides is 1. The van der Waals surface area contributed by atoms with Gasteiger partial charge in [0.2, 0.25) is 0 Å². The van der Waals surface area contributed by atoms with E-state index in [1.54, 1.807) is 42.5 Å². The van der Waals surface area contributed by atoms with Gasteiger partial charge in [0.1, 0.15) is 11.5 Å². The molecule has 2 heterocycles. The number of methoxy groups -OCH3 is 1. The molecule has 0 radical (unpaired) electrons. The zero-order chi connectivity index (χ0) is 34.3. The number of alkyl halides is 3. The third kappa shape index (κ3) is 5.74. The van der Waals surface area contributed by atoms with Gasteiger partial charge in [-0.1, -0.05) is 30.3 Å². The molecule has 1 unspecified atom stereocenters. The Morgan fingerprint density at radius 1 is 0.979 bits per heavy atom. The molecule has 48 heavy (non-hydrogen) atoms. The summed E-state index contributed by atoms with van der Waals surface area (Å²) >= 11 is 0. The number of benzene rings is 4. The monoisotopic (exact) mass is 661 g/mol. The first kappa shape index (κ1) is 32.3. The fourth-order valence-corrected chi connectivity index (χ4v) is 6.07. The summed E-state index contributed by atoms with van der Waals surface area (Å²) < 4.78 is 75.7. The van der Waals surface area contributed by atoms with Crippen molar-refractivity contribution in [1.29, 1.82) is 0 Å². The number of nitrogens with zero attached hydrogens (tertiary/aromatic N) is 1. The zero-order valence-corrected chi connectivity index (χ0v) is 25.6. The van der Waals surface area contributed by atoms with Crippen molar-refractivity contribution in [3.8, 4) is 11.5 Å². The number of para-hydroxylation sites is 1. The third-order valence-electron chi connectivity index (χ3n) is 8.46. The Balaban J connectivity index is 1.54. The number of pyridine rings is 1. The molecular formula is C36H28F5N3O4. The number of aromatic nitrogens is 2. The largest absolute Gasteiger partial charge is 0.507 e. The number of carbonyl (C=O) groups is 1. The van der Waals surface area contributed by atoms with Gasteiger partial charge in [-0.3, -0.25) is 9.59 Å². The molecule has 0 saturated heterocycles. The van der Waals surface area contributed by atoms with Gasteiger partial charge in [-0.15, -0.1) is 0 Å². The minimum Gasteiger partial charge on any atom is -0.507 e. The molecule has 2 aromatic heterocycles. The van der Waals surface area contributed by atoms with Crippen molar-refractivity contribution in [1.82, 2.24) is 14.9 Å². The predicted octanol–water partition coefficient (Wildman–Crippen LogP) is 7.18. The SMILES string of the molecule is COc1ccc2[nH]c(C(c3ccc(C(F)(F)F)cc3)c3c(O)c4ccccc4n(C)c3=O)c(CCNC(=O)c3cccc(F)c3F)c2c1. The summed E-state index contributed by atoms with van der Waals surface area (Å²) in [6, 6.07) is 19.4. The average molecular weight is 662 g/mol. The Hall–Kier alpha value is -5.65. The highest BCUT2D eigenvalue weighted by molar-refractivity contribution is 5.94. The van der Waals surface area contributed by atoms with Crippen LogP contribution in [0.3, 0.4) is 0 Å².